The van der Waals surface area contributed by atoms with Crippen molar-refractivity contribution >= 4 is 35.6 Å². The van der Waals surface area contributed by atoms with Crippen molar-refractivity contribution < 1.29 is 0 Å². The van der Waals surface area contributed by atoms with E-state index in [4.69, 9.17) is 5.73 Å². The van der Waals surface area contributed by atoms with E-state index in [0.717, 1.165) is 12.1 Å². The van der Waals surface area contributed by atoms with Gasteiger partial charge in [0.25, 0.3) is 0 Å². The Morgan fingerprint density at radius 2 is 1.83 bits per heavy atom. The molecule has 0 fully saturated rings. The summed E-state index contributed by atoms with van der Waals surface area (Å²) in [6.07, 6.45) is 4.55. The summed E-state index contributed by atoms with van der Waals surface area (Å²) in [5.41, 5.74) is 12.5. The molecule has 122 valence electrons. The van der Waals surface area contributed by atoms with Gasteiger partial charge in [-0.25, -0.2) is 0 Å². The minimum Gasteiger partial charge on any atom is -0.370 e. The number of nitrogens with one attached hydrogen (secondary N) is 1. The highest BCUT2D eigenvalue weighted by Crippen LogP contribution is 2.24. The zero-order chi connectivity index (χ0) is 15.4. The summed E-state index contributed by atoms with van der Waals surface area (Å²) in [4.78, 5) is 4.41. The molecule has 0 saturated heterocycles. The van der Waals surface area contributed by atoms with Crippen LogP contribution in [0.4, 0.5) is 5.69 Å². The smallest absolute Gasteiger partial charge is 0.193 e. The Morgan fingerprint density at radius 3 is 2.61 bits per heavy atom. The Kier molecular flexibility index (Phi) is 6.45. The molecule has 3 nitrogen and oxygen atoms in total. The number of hydrogen-bond acceptors (Lipinski definition) is 1. The first-order valence-corrected chi connectivity index (χ1v) is 7.95. The fourth-order valence-corrected chi connectivity index (χ4v) is 2.90. The highest BCUT2D eigenvalue weighted by molar-refractivity contribution is 14.0. The third kappa shape index (κ3) is 4.96. The number of guanidine groups is 1. The first-order chi connectivity index (χ1) is 10.7. The van der Waals surface area contributed by atoms with Gasteiger partial charge in [0.1, 0.15) is 0 Å². The van der Waals surface area contributed by atoms with E-state index in [0.29, 0.717) is 12.5 Å². The molecule has 0 aromatic heterocycles. The minimum atomic E-state index is 0. The lowest BCUT2D eigenvalue weighted by atomic mass is 10.1. The van der Waals surface area contributed by atoms with Crippen LogP contribution in [-0.2, 0) is 19.3 Å². The number of aliphatic imine (C=N–C) groups is 1. The van der Waals surface area contributed by atoms with E-state index in [1.54, 1.807) is 0 Å². The maximum absolute atomic E-state index is 5.98. The van der Waals surface area contributed by atoms with Gasteiger partial charge in [0, 0.05) is 12.2 Å². The zero-order valence-corrected chi connectivity index (χ0v) is 15.8. The predicted molar refractivity (Wildman–Crippen MR) is 109 cm³/mol. The Morgan fingerprint density at radius 1 is 1.09 bits per heavy atom. The maximum Gasteiger partial charge on any atom is 0.193 e. The van der Waals surface area contributed by atoms with Crippen LogP contribution in [0.15, 0.2) is 47.5 Å². The molecule has 0 radical (unpaired) electrons. The number of nitrogens with zero attached hydrogens (tertiary/aromatic N) is 1. The Hall–Kier alpha value is -1.56. The molecular weight excluding hydrogens is 397 g/mol. The van der Waals surface area contributed by atoms with Gasteiger partial charge in [-0.15, -0.1) is 24.0 Å². The van der Waals surface area contributed by atoms with Crippen molar-refractivity contribution in [2.75, 3.05) is 11.9 Å². The quantitative estimate of drug-likeness (QED) is 0.444. The van der Waals surface area contributed by atoms with Gasteiger partial charge >= 0.3 is 0 Å². The van der Waals surface area contributed by atoms with Crippen LogP contribution in [0.5, 0.6) is 0 Å². The average molecular weight is 421 g/mol. The van der Waals surface area contributed by atoms with Gasteiger partial charge in [0.05, 0.1) is 0 Å². The number of halogens is 1. The molecule has 3 rings (SSSR count). The summed E-state index contributed by atoms with van der Waals surface area (Å²) in [5, 5.41) is 3.19. The maximum atomic E-state index is 5.98. The van der Waals surface area contributed by atoms with Crippen molar-refractivity contribution in [3.05, 3.63) is 64.7 Å². The lowest BCUT2D eigenvalue weighted by Crippen LogP contribution is -2.23. The number of rotatable bonds is 4. The first-order valence-electron chi connectivity index (χ1n) is 7.95. The topological polar surface area (TPSA) is 50.4 Å². The zero-order valence-electron chi connectivity index (χ0n) is 13.5. The lowest BCUT2D eigenvalue weighted by molar-refractivity contribution is 0.912. The molecule has 0 heterocycles. The van der Waals surface area contributed by atoms with Crippen LogP contribution in [0, 0.1) is 6.92 Å². The van der Waals surface area contributed by atoms with E-state index in [1.165, 1.54) is 41.5 Å². The molecule has 0 saturated carbocycles. The van der Waals surface area contributed by atoms with Crippen LogP contribution in [0.2, 0.25) is 0 Å². The van der Waals surface area contributed by atoms with E-state index in [2.05, 4.69) is 59.7 Å². The highest BCUT2D eigenvalue weighted by atomic mass is 127. The third-order valence-corrected chi connectivity index (χ3v) is 4.17. The number of anilines is 1. The van der Waals surface area contributed by atoms with Crippen molar-refractivity contribution in [3.8, 4) is 0 Å². The van der Waals surface area contributed by atoms with Gasteiger partial charge in [-0.1, -0.05) is 35.9 Å². The second-order valence-corrected chi connectivity index (χ2v) is 5.96. The number of fused-ring (bicyclic) bond motifs is 1. The van der Waals surface area contributed by atoms with Gasteiger partial charge in [-0.2, -0.15) is 0 Å². The van der Waals surface area contributed by atoms with Crippen molar-refractivity contribution in [1.29, 1.82) is 0 Å². The summed E-state index contributed by atoms with van der Waals surface area (Å²) < 4.78 is 0. The molecule has 0 amide bonds. The fraction of sp³-hybridized carbons (Fsp3) is 0.316. The predicted octanol–water partition coefficient (Wildman–Crippen LogP) is 4.07. The van der Waals surface area contributed by atoms with Crippen LogP contribution in [0.1, 0.15) is 28.7 Å². The van der Waals surface area contributed by atoms with Crippen molar-refractivity contribution in [1.82, 2.24) is 0 Å². The molecule has 3 N–H and O–H groups in total. The standard InChI is InChI=1S/C19H23N3.HI/c1-14-5-7-15(8-6-14)11-12-21-19(20)22-18-10-9-16-3-2-4-17(16)13-18;/h5-10,13H,2-4,11-12H2,1H3,(H3,20,21,22);1H. The number of aryl methyl sites for hydroxylation is 3. The summed E-state index contributed by atoms with van der Waals surface area (Å²) in [5.74, 6) is 0.491. The second-order valence-electron chi connectivity index (χ2n) is 5.96. The van der Waals surface area contributed by atoms with Gasteiger partial charge in [0.2, 0.25) is 0 Å². The molecular formula is C19H24IN3. The molecule has 2 aromatic carbocycles. The van der Waals surface area contributed by atoms with E-state index in [-0.39, 0.29) is 24.0 Å². The van der Waals surface area contributed by atoms with Crippen LogP contribution in [0.25, 0.3) is 0 Å². The van der Waals surface area contributed by atoms with E-state index < -0.39 is 0 Å². The molecule has 2 aromatic rings. The normalized spacial score (nSPS) is 13.3. The van der Waals surface area contributed by atoms with Crippen molar-refractivity contribution in [2.24, 2.45) is 10.7 Å². The van der Waals surface area contributed by atoms with Gasteiger partial charge < -0.3 is 11.1 Å². The summed E-state index contributed by atoms with van der Waals surface area (Å²) in [6.45, 7) is 2.80. The van der Waals surface area contributed by atoms with Crippen LogP contribution in [-0.4, -0.2) is 12.5 Å². The Bertz CT molecular complexity index is 678. The summed E-state index contributed by atoms with van der Waals surface area (Å²) in [6, 6.07) is 15.0. The largest absolute Gasteiger partial charge is 0.370 e. The molecule has 0 aliphatic heterocycles. The Balaban J connectivity index is 0.00000192. The molecule has 4 heteroatoms. The minimum absolute atomic E-state index is 0. The van der Waals surface area contributed by atoms with Crippen LogP contribution >= 0.6 is 24.0 Å². The van der Waals surface area contributed by atoms with Crippen molar-refractivity contribution in [2.45, 2.75) is 32.6 Å². The van der Waals surface area contributed by atoms with Gasteiger partial charge in [0.15, 0.2) is 5.96 Å². The molecule has 0 spiro atoms. The molecule has 23 heavy (non-hydrogen) atoms. The number of nitrogens with two attached hydrogens (primary N) is 1. The highest BCUT2D eigenvalue weighted by Gasteiger charge is 2.10. The monoisotopic (exact) mass is 421 g/mol. The van der Waals surface area contributed by atoms with Gasteiger partial charge in [-0.3, -0.25) is 4.99 Å². The summed E-state index contributed by atoms with van der Waals surface area (Å²) in [7, 11) is 0. The third-order valence-electron chi connectivity index (χ3n) is 4.17. The Labute approximate surface area is 155 Å². The number of hydrogen-bond donors (Lipinski definition) is 2. The molecule has 0 bridgehead atoms. The van der Waals surface area contributed by atoms with Crippen LogP contribution < -0.4 is 11.1 Å². The van der Waals surface area contributed by atoms with E-state index >= 15 is 0 Å². The lowest BCUT2D eigenvalue weighted by Gasteiger charge is -2.08. The van der Waals surface area contributed by atoms with Gasteiger partial charge in [-0.05, 0) is 61.4 Å². The average Bonchev–Trinajstić information content (AvgIpc) is 2.97. The van der Waals surface area contributed by atoms with Crippen LogP contribution in [0.3, 0.4) is 0 Å². The first kappa shape index (κ1) is 17.8. The molecule has 0 atom stereocenters. The number of benzene rings is 2. The summed E-state index contributed by atoms with van der Waals surface area (Å²) >= 11 is 0. The second kappa shape index (κ2) is 8.34. The fourth-order valence-electron chi connectivity index (χ4n) is 2.90. The molecule has 1 aliphatic rings. The van der Waals surface area contributed by atoms with Crippen molar-refractivity contribution in [3.63, 3.8) is 0 Å². The molecule has 0 unspecified atom stereocenters. The van der Waals surface area contributed by atoms with E-state index in [9.17, 15) is 0 Å². The SMILES string of the molecule is Cc1ccc(CCN=C(N)Nc2ccc3c(c2)CCC3)cc1.I. The van der Waals surface area contributed by atoms with E-state index in [1.807, 2.05) is 0 Å². The molecule has 1 aliphatic carbocycles.